The monoisotopic (exact) mass is 780 g/mol. The van der Waals surface area contributed by atoms with Crippen LogP contribution in [0.3, 0.4) is 0 Å². The van der Waals surface area contributed by atoms with E-state index in [9.17, 15) is 39.6 Å². The van der Waals surface area contributed by atoms with Crippen molar-refractivity contribution in [2.24, 2.45) is 11.8 Å². The van der Waals surface area contributed by atoms with E-state index in [-0.39, 0.29) is 75.5 Å². The Labute approximate surface area is 317 Å². The minimum Gasteiger partial charge on any atom is -0.550 e. The zero-order valence-electron chi connectivity index (χ0n) is 30.2. The third kappa shape index (κ3) is 22.8. The molecular weight excluding hydrogens is 725 g/mol. The maximum absolute atomic E-state index is 10.5. The standard InChI is InChI=1S/2C11H14O2.2C8H16O2.Ce/c2*1-11(2,3)9-6-4-8(5-7-9)10(12)13;2*1-3-5-6-7(4-2)8(9)10;/h2*4-7H,1-3H3,(H,12,13);2*7H,3-6H2,1-2H3,(H,9,10);/q;;;;+4/p-4. The van der Waals surface area contributed by atoms with Gasteiger partial charge in [0, 0.05) is 11.9 Å². The second kappa shape index (κ2) is 25.7. The first-order valence-corrected chi connectivity index (χ1v) is 16.3. The van der Waals surface area contributed by atoms with Gasteiger partial charge in [-0.25, -0.2) is 0 Å². The number of hydrogen-bond donors (Lipinski definition) is 0. The molecule has 0 amide bonds. The van der Waals surface area contributed by atoms with Gasteiger partial charge in [0.25, 0.3) is 0 Å². The van der Waals surface area contributed by atoms with Crippen LogP contribution < -0.4 is 20.4 Å². The number of carboxylic acid groups (broad SMARTS) is 4. The van der Waals surface area contributed by atoms with Crippen LogP contribution in [0.15, 0.2) is 48.5 Å². The summed E-state index contributed by atoms with van der Waals surface area (Å²) < 4.78 is 0. The zero-order valence-corrected chi connectivity index (χ0v) is 33.3. The van der Waals surface area contributed by atoms with Crippen LogP contribution in [-0.2, 0) is 20.4 Å². The summed E-state index contributed by atoms with van der Waals surface area (Å²) in [6.07, 6.45) is 7.04. The number of unbranched alkanes of at least 4 members (excludes halogenated alkanes) is 2. The molecule has 0 aromatic heterocycles. The van der Waals surface area contributed by atoms with Crippen molar-refractivity contribution in [2.45, 2.75) is 131 Å². The maximum Gasteiger partial charge on any atom is 4.00 e. The summed E-state index contributed by atoms with van der Waals surface area (Å²) in [4.78, 5) is 41.6. The molecule has 0 bridgehead atoms. The Morgan fingerprint density at radius 1 is 0.532 bits per heavy atom. The van der Waals surface area contributed by atoms with Crippen LogP contribution in [0.2, 0.25) is 0 Å². The molecule has 0 spiro atoms. The number of carbonyl (C=O) groups is 4. The smallest absolute Gasteiger partial charge is 0.550 e. The third-order valence-electron chi connectivity index (χ3n) is 7.44. The van der Waals surface area contributed by atoms with E-state index in [0.717, 1.165) is 49.7 Å². The van der Waals surface area contributed by atoms with Crippen molar-refractivity contribution in [1.82, 2.24) is 0 Å². The van der Waals surface area contributed by atoms with Gasteiger partial charge in [0.1, 0.15) is 0 Å². The minimum atomic E-state index is -1.12. The van der Waals surface area contributed by atoms with Crippen LogP contribution in [0.25, 0.3) is 0 Å². The normalized spacial score (nSPS) is 11.8. The molecule has 9 heteroatoms. The summed E-state index contributed by atoms with van der Waals surface area (Å²) in [6, 6.07) is 13.6. The molecule has 0 N–H and O–H groups in total. The number of aromatic carboxylic acids is 2. The van der Waals surface area contributed by atoms with Crippen LogP contribution in [0.4, 0.5) is 0 Å². The summed E-state index contributed by atoms with van der Waals surface area (Å²) in [6.45, 7) is 20.4. The Morgan fingerprint density at radius 3 is 0.936 bits per heavy atom. The molecule has 2 unspecified atom stereocenters. The van der Waals surface area contributed by atoms with Crippen molar-refractivity contribution in [3.63, 3.8) is 0 Å². The van der Waals surface area contributed by atoms with Gasteiger partial charge in [0.05, 0.1) is 11.9 Å². The van der Waals surface area contributed by atoms with E-state index in [4.69, 9.17) is 0 Å². The Bertz CT molecular complexity index is 1070. The first-order valence-electron chi connectivity index (χ1n) is 16.3. The van der Waals surface area contributed by atoms with E-state index < -0.39 is 23.9 Å². The number of rotatable bonds is 12. The SMILES string of the molecule is CC(C)(C)c1ccc(C(=O)[O-])cc1.CC(C)(C)c1ccc(C(=O)[O-])cc1.CCCCC(CC)C(=O)[O-].CCCCC(CC)C(=O)[O-].[Ce+4]. The van der Waals surface area contributed by atoms with Gasteiger partial charge in [-0.3, -0.25) is 0 Å². The van der Waals surface area contributed by atoms with Gasteiger partial charge in [-0.05, 0) is 70.6 Å². The first-order chi connectivity index (χ1) is 21.3. The van der Waals surface area contributed by atoms with Gasteiger partial charge < -0.3 is 39.6 Å². The molecule has 0 aliphatic carbocycles. The van der Waals surface area contributed by atoms with Gasteiger partial charge >= 0.3 is 41.7 Å². The van der Waals surface area contributed by atoms with E-state index in [1.807, 2.05) is 38.1 Å². The topological polar surface area (TPSA) is 161 Å². The van der Waals surface area contributed by atoms with Gasteiger partial charge in [-0.2, -0.15) is 0 Å². The predicted octanol–water partition coefficient (Wildman–Crippen LogP) is 4.60. The molecule has 2 rings (SSSR count). The van der Waals surface area contributed by atoms with E-state index in [0.29, 0.717) is 12.8 Å². The van der Waals surface area contributed by atoms with Crippen molar-refractivity contribution in [3.8, 4) is 0 Å². The van der Waals surface area contributed by atoms with E-state index in [1.165, 1.54) is 0 Å². The number of hydrogen-bond acceptors (Lipinski definition) is 8. The van der Waals surface area contributed by atoms with Crippen LogP contribution in [0.5, 0.6) is 0 Å². The fourth-order valence-corrected chi connectivity index (χ4v) is 4.09. The summed E-state index contributed by atoms with van der Waals surface area (Å²) in [5.41, 5.74) is 2.82. The van der Waals surface area contributed by atoms with Crippen molar-refractivity contribution in [1.29, 1.82) is 0 Å². The second-order valence-electron chi connectivity index (χ2n) is 13.4. The fourth-order valence-electron chi connectivity index (χ4n) is 4.09. The van der Waals surface area contributed by atoms with Crippen molar-refractivity contribution >= 4 is 23.9 Å². The molecule has 260 valence electrons. The van der Waals surface area contributed by atoms with E-state index in [1.54, 1.807) is 24.3 Å². The molecule has 0 aliphatic heterocycles. The molecule has 0 aliphatic rings. The quantitative estimate of drug-likeness (QED) is 0.302. The van der Waals surface area contributed by atoms with Crippen LogP contribution in [-0.4, -0.2) is 23.9 Å². The van der Waals surface area contributed by atoms with Crippen LogP contribution in [0, 0.1) is 53.6 Å². The second-order valence-corrected chi connectivity index (χ2v) is 13.4. The summed E-state index contributed by atoms with van der Waals surface area (Å²) in [5, 5.41) is 41.6. The van der Waals surface area contributed by atoms with Crippen molar-refractivity contribution in [3.05, 3.63) is 70.8 Å². The Morgan fingerprint density at radius 2 is 0.787 bits per heavy atom. The molecule has 0 saturated carbocycles. The van der Waals surface area contributed by atoms with Crippen LogP contribution >= 0.6 is 0 Å². The van der Waals surface area contributed by atoms with E-state index in [2.05, 4.69) is 55.4 Å². The average molecular weight is 781 g/mol. The molecular formula is C38H56CeO8. The molecule has 0 fully saturated rings. The molecule has 8 nitrogen and oxygen atoms in total. The Kier molecular flexibility index (Phi) is 26.8. The molecule has 2 atom stereocenters. The maximum atomic E-state index is 10.5. The predicted molar refractivity (Wildman–Crippen MR) is 176 cm³/mol. The third-order valence-corrected chi connectivity index (χ3v) is 7.44. The fraction of sp³-hybridized carbons (Fsp3) is 0.579. The summed E-state index contributed by atoms with van der Waals surface area (Å²) in [7, 11) is 0. The van der Waals surface area contributed by atoms with Gasteiger partial charge in [-0.1, -0.05) is 143 Å². The van der Waals surface area contributed by atoms with Crippen LogP contribution in [0.1, 0.15) is 152 Å². The Hall–Kier alpha value is -2.30. The zero-order chi connectivity index (χ0) is 36.1. The number of carboxylic acids is 4. The molecule has 2 aromatic rings. The van der Waals surface area contributed by atoms with Crippen molar-refractivity contribution < 1.29 is 81.4 Å². The first kappa shape index (κ1) is 49.1. The summed E-state index contributed by atoms with van der Waals surface area (Å²) >= 11 is 0. The molecule has 47 heavy (non-hydrogen) atoms. The molecule has 0 heterocycles. The number of benzene rings is 2. The molecule has 0 saturated heterocycles. The number of aliphatic carboxylic acids is 2. The molecule has 2 aromatic carbocycles. The summed E-state index contributed by atoms with van der Waals surface area (Å²) in [5.74, 6) is -4.48. The van der Waals surface area contributed by atoms with Gasteiger partial charge in [-0.15, -0.1) is 0 Å². The van der Waals surface area contributed by atoms with E-state index >= 15 is 0 Å². The largest absolute Gasteiger partial charge is 4.00 e. The van der Waals surface area contributed by atoms with Gasteiger partial charge in [0.2, 0.25) is 0 Å². The van der Waals surface area contributed by atoms with Crippen molar-refractivity contribution in [2.75, 3.05) is 0 Å². The van der Waals surface area contributed by atoms with Gasteiger partial charge in [0.15, 0.2) is 0 Å². The number of carbonyl (C=O) groups excluding carboxylic acids is 4. The Balaban J connectivity index is -0.000000551. The average Bonchev–Trinajstić information content (AvgIpc) is 2.98. The minimum absolute atomic E-state index is 0. The molecule has 0 radical (unpaired) electrons.